The maximum Gasteiger partial charge on any atom is 0.255 e. The smallest absolute Gasteiger partial charge is 0.255 e. The molecule has 11 heteroatoms. The highest BCUT2D eigenvalue weighted by molar-refractivity contribution is 6.00. The molecule has 0 saturated heterocycles. The number of aromatic nitrogens is 5. The minimum atomic E-state index is -1.63. The largest absolute Gasteiger partial charge is 0.387 e. The zero-order valence-electron chi connectivity index (χ0n) is 22.8. The molecule has 0 aliphatic heterocycles. The van der Waals surface area contributed by atoms with Gasteiger partial charge in [-0.05, 0) is 76.3 Å². The van der Waals surface area contributed by atoms with E-state index >= 15 is 0 Å². The minimum absolute atomic E-state index is 0.125. The zero-order valence-corrected chi connectivity index (χ0v) is 22.8. The predicted octanol–water partition coefficient (Wildman–Crippen LogP) is 4.21. The lowest BCUT2D eigenvalue weighted by Gasteiger charge is -2.30. The zero-order chi connectivity index (χ0) is 28.4. The molecule has 0 unspecified atom stereocenters. The average Bonchev–Trinajstić information content (AvgIpc) is 3.57. The Morgan fingerprint density at radius 2 is 1.98 bits per heavy atom. The normalized spacial score (nSPS) is 18.3. The molecule has 1 saturated carbocycles. The third-order valence-electron chi connectivity index (χ3n) is 7.41. The number of rotatable bonds is 8. The molecule has 1 aliphatic rings. The van der Waals surface area contributed by atoms with Gasteiger partial charge in [-0.15, -0.1) is 0 Å². The number of carbonyl (C=O) groups excluding carboxylic acids is 1. The Hall–Kier alpha value is -4.30. The van der Waals surface area contributed by atoms with E-state index in [-0.39, 0.29) is 18.2 Å². The van der Waals surface area contributed by atoms with Crippen LogP contribution in [0, 0.1) is 18.3 Å². The van der Waals surface area contributed by atoms with E-state index in [1.54, 1.807) is 10.6 Å². The molecule has 1 atom stereocenters. The first-order valence-electron chi connectivity index (χ1n) is 13.4. The second-order valence-electron chi connectivity index (χ2n) is 11.0. The van der Waals surface area contributed by atoms with Gasteiger partial charge in [0.05, 0.1) is 64.3 Å². The second kappa shape index (κ2) is 11.1. The first-order chi connectivity index (χ1) is 19.1. The van der Waals surface area contributed by atoms with Gasteiger partial charge in [0.1, 0.15) is 12.2 Å². The molecule has 10 nitrogen and oxygen atoms in total. The molecule has 40 heavy (non-hydrogen) atoms. The van der Waals surface area contributed by atoms with Crippen LogP contribution in [0.3, 0.4) is 0 Å². The Kier molecular flexibility index (Phi) is 7.54. The summed E-state index contributed by atoms with van der Waals surface area (Å²) in [7, 11) is 0. The molecule has 0 bridgehead atoms. The van der Waals surface area contributed by atoms with E-state index in [0.717, 1.165) is 36.8 Å². The van der Waals surface area contributed by atoms with Gasteiger partial charge in [-0.25, -0.2) is 8.91 Å². The first kappa shape index (κ1) is 27.3. The van der Waals surface area contributed by atoms with Crippen LogP contribution in [0.25, 0.3) is 16.9 Å². The third kappa shape index (κ3) is 5.82. The average molecular weight is 545 g/mol. The molecule has 4 aromatic heterocycles. The number of alkyl halides is 1. The first-order valence-corrected chi connectivity index (χ1v) is 13.4. The van der Waals surface area contributed by atoms with Crippen LogP contribution in [0.2, 0.25) is 0 Å². The van der Waals surface area contributed by atoms with Gasteiger partial charge in [0, 0.05) is 18.4 Å². The van der Waals surface area contributed by atoms with Crippen LogP contribution in [-0.2, 0) is 0 Å². The molecular weight excluding hydrogens is 511 g/mol. The highest BCUT2D eigenvalue weighted by Crippen LogP contribution is 2.32. The van der Waals surface area contributed by atoms with Crippen molar-refractivity contribution in [3.63, 3.8) is 0 Å². The highest BCUT2D eigenvalue weighted by atomic mass is 19.1. The molecule has 1 amide bonds. The lowest BCUT2D eigenvalue weighted by molar-refractivity contribution is -0.00177. The van der Waals surface area contributed by atoms with Crippen LogP contribution < -0.4 is 10.6 Å². The summed E-state index contributed by atoms with van der Waals surface area (Å²) >= 11 is 0. The van der Waals surface area contributed by atoms with Gasteiger partial charge in [0.25, 0.3) is 5.91 Å². The van der Waals surface area contributed by atoms with Gasteiger partial charge < -0.3 is 15.7 Å². The molecule has 0 spiro atoms. The van der Waals surface area contributed by atoms with Crippen molar-refractivity contribution in [3.05, 3.63) is 65.7 Å². The standard InChI is InChI=1S/C29H33FN8O2/c1-18-13-34-37(17-18)21-6-4-20(5-7-21)36-24-11-25(26-9-8-22-10-19(12-31)14-35-38(22)26)32-15-23(24)28(39)33-16-27(30)29(2,3)40/h8-11,13-15,17,20-21,27,40H,4-7,16H2,1-3H3,(H,32,36)(H,33,39)/t20?,21?,27-/m1/s1. The lowest BCUT2D eigenvalue weighted by atomic mass is 9.91. The van der Waals surface area contributed by atoms with E-state index in [2.05, 4.69) is 38.1 Å². The Morgan fingerprint density at radius 3 is 2.65 bits per heavy atom. The van der Waals surface area contributed by atoms with E-state index in [1.165, 1.54) is 26.2 Å². The van der Waals surface area contributed by atoms with E-state index < -0.39 is 17.7 Å². The van der Waals surface area contributed by atoms with Crippen molar-refractivity contribution in [2.45, 2.75) is 70.3 Å². The number of anilines is 1. The van der Waals surface area contributed by atoms with Crippen LogP contribution in [0.15, 0.2) is 49.1 Å². The number of pyridine rings is 1. The number of aryl methyl sites for hydroxylation is 1. The van der Waals surface area contributed by atoms with E-state index in [4.69, 9.17) is 0 Å². The molecule has 0 radical (unpaired) electrons. The van der Waals surface area contributed by atoms with Crippen molar-refractivity contribution in [1.82, 2.24) is 29.7 Å². The number of amides is 1. The van der Waals surface area contributed by atoms with Crippen molar-refractivity contribution in [1.29, 1.82) is 5.26 Å². The molecule has 1 aliphatic carbocycles. The molecular formula is C29H33FN8O2. The summed E-state index contributed by atoms with van der Waals surface area (Å²) in [4.78, 5) is 17.7. The van der Waals surface area contributed by atoms with Gasteiger partial charge in [-0.3, -0.25) is 14.5 Å². The van der Waals surface area contributed by atoms with Crippen LogP contribution in [0.1, 0.15) is 67.1 Å². The Balaban J connectivity index is 1.40. The molecule has 4 aromatic rings. The Bertz CT molecular complexity index is 1560. The summed E-state index contributed by atoms with van der Waals surface area (Å²) in [6.07, 6.45) is 8.95. The number of aliphatic hydroxyl groups is 1. The molecule has 208 valence electrons. The van der Waals surface area contributed by atoms with E-state index in [0.29, 0.717) is 28.7 Å². The third-order valence-corrected chi connectivity index (χ3v) is 7.41. The SMILES string of the molecule is Cc1cnn(C2CCC(Nc3cc(-c4ccc5cc(C#N)cnn45)ncc3C(=O)NC[C@@H](F)C(C)(C)O)CC2)c1. The van der Waals surface area contributed by atoms with Crippen LogP contribution in [0.5, 0.6) is 0 Å². The summed E-state index contributed by atoms with van der Waals surface area (Å²) in [5, 5.41) is 34.1. The minimum Gasteiger partial charge on any atom is -0.387 e. The lowest BCUT2D eigenvalue weighted by Crippen LogP contribution is -2.42. The summed E-state index contributed by atoms with van der Waals surface area (Å²) in [5.41, 5.74) is 2.95. The van der Waals surface area contributed by atoms with Crippen LogP contribution >= 0.6 is 0 Å². The number of nitrogens with zero attached hydrogens (tertiary/aromatic N) is 6. The fraction of sp³-hybridized carbons (Fsp3) is 0.414. The van der Waals surface area contributed by atoms with E-state index in [9.17, 15) is 19.6 Å². The number of carbonyl (C=O) groups is 1. The second-order valence-corrected chi connectivity index (χ2v) is 11.0. The maximum absolute atomic E-state index is 14.4. The summed E-state index contributed by atoms with van der Waals surface area (Å²) in [6.45, 7) is 4.43. The van der Waals surface area contributed by atoms with Crippen molar-refractivity contribution in [2.24, 2.45) is 0 Å². The fourth-order valence-corrected chi connectivity index (χ4v) is 5.01. The molecule has 3 N–H and O–H groups in total. The Morgan fingerprint density at radius 1 is 1.20 bits per heavy atom. The van der Waals surface area contributed by atoms with Gasteiger partial charge in [0.15, 0.2) is 0 Å². The number of hydrogen-bond donors (Lipinski definition) is 3. The molecule has 0 aromatic carbocycles. The van der Waals surface area contributed by atoms with Crippen LogP contribution in [0.4, 0.5) is 10.1 Å². The number of fused-ring (bicyclic) bond motifs is 1. The van der Waals surface area contributed by atoms with Crippen LogP contribution in [-0.4, -0.2) is 59.8 Å². The molecule has 5 rings (SSSR count). The predicted molar refractivity (Wildman–Crippen MR) is 149 cm³/mol. The van der Waals surface area contributed by atoms with Gasteiger partial charge in [0.2, 0.25) is 0 Å². The molecule has 4 heterocycles. The maximum atomic E-state index is 14.4. The molecule has 1 fully saturated rings. The summed E-state index contributed by atoms with van der Waals surface area (Å²) in [5.74, 6) is -0.481. The van der Waals surface area contributed by atoms with Crippen molar-refractivity contribution in [3.8, 4) is 17.5 Å². The van der Waals surface area contributed by atoms with Crippen molar-refractivity contribution in [2.75, 3.05) is 11.9 Å². The van der Waals surface area contributed by atoms with Crippen molar-refractivity contribution >= 4 is 17.1 Å². The summed E-state index contributed by atoms with van der Waals surface area (Å²) < 4.78 is 18.1. The van der Waals surface area contributed by atoms with Gasteiger partial charge in [-0.1, -0.05) is 0 Å². The van der Waals surface area contributed by atoms with Gasteiger partial charge >= 0.3 is 0 Å². The summed E-state index contributed by atoms with van der Waals surface area (Å²) in [6, 6.07) is 9.83. The monoisotopic (exact) mass is 544 g/mol. The topological polar surface area (TPSA) is 133 Å². The number of hydrogen-bond acceptors (Lipinski definition) is 7. The number of halogens is 1. The number of nitriles is 1. The van der Waals surface area contributed by atoms with E-state index in [1.807, 2.05) is 36.0 Å². The van der Waals surface area contributed by atoms with Gasteiger partial charge in [-0.2, -0.15) is 15.5 Å². The quantitative estimate of drug-likeness (QED) is 0.303. The number of nitrogens with one attached hydrogen (secondary N) is 2. The highest BCUT2D eigenvalue weighted by Gasteiger charge is 2.28. The Labute approximate surface area is 231 Å². The fourth-order valence-electron chi connectivity index (χ4n) is 5.01. The van der Waals surface area contributed by atoms with Crippen molar-refractivity contribution < 1.29 is 14.3 Å².